The Morgan fingerprint density at radius 1 is 1.25 bits per heavy atom. The molecule has 1 aromatic carbocycles. The summed E-state index contributed by atoms with van der Waals surface area (Å²) < 4.78 is 65.8. The van der Waals surface area contributed by atoms with Gasteiger partial charge in [0.1, 0.15) is 12.4 Å². The number of aryl methyl sites for hydroxylation is 1. The molecule has 0 aliphatic carbocycles. The maximum absolute atomic E-state index is 12.5. The molecule has 1 aromatic rings. The molecule has 20 heavy (non-hydrogen) atoms. The lowest BCUT2D eigenvalue weighted by Crippen LogP contribution is -2.51. The van der Waals surface area contributed by atoms with E-state index in [9.17, 15) is 26.7 Å². The number of ether oxygens (including phenoxy) is 1. The fourth-order valence-corrected chi connectivity index (χ4v) is 1.28. The first-order valence-electron chi connectivity index (χ1n) is 5.57. The van der Waals surface area contributed by atoms with E-state index < -0.39 is 24.6 Å². The Bertz CT molecular complexity index is 473. The standard InChI is InChI=1S/C12H12F5NO2/c1-8-3-2-4-9(7-8)20-6-5-18-10(19)11(13,14)12(15,16)17/h2-4,7H,5-6H2,1H3,(H,18,19). The van der Waals surface area contributed by atoms with Crippen molar-refractivity contribution >= 4 is 5.91 Å². The number of hydrogen-bond acceptors (Lipinski definition) is 2. The number of nitrogens with one attached hydrogen (secondary N) is 1. The van der Waals surface area contributed by atoms with Gasteiger partial charge in [-0.1, -0.05) is 12.1 Å². The highest BCUT2D eigenvalue weighted by atomic mass is 19.4. The lowest BCUT2D eigenvalue weighted by Gasteiger charge is -2.18. The van der Waals surface area contributed by atoms with Crippen LogP contribution in [0.2, 0.25) is 0 Å². The van der Waals surface area contributed by atoms with Crippen molar-refractivity contribution in [3.8, 4) is 5.75 Å². The first-order valence-corrected chi connectivity index (χ1v) is 5.57. The molecule has 1 N–H and O–H groups in total. The second-order valence-corrected chi connectivity index (χ2v) is 3.99. The quantitative estimate of drug-likeness (QED) is 0.670. The number of amides is 1. The first kappa shape index (κ1) is 16.2. The molecule has 0 atom stereocenters. The SMILES string of the molecule is Cc1cccc(OCCNC(=O)C(F)(F)C(F)(F)F)c1. The highest BCUT2D eigenvalue weighted by Crippen LogP contribution is 2.35. The summed E-state index contributed by atoms with van der Waals surface area (Å²) >= 11 is 0. The minimum absolute atomic E-state index is 0.219. The Kier molecular flexibility index (Phi) is 4.91. The largest absolute Gasteiger partial charge is 0.492 e. The van der Waals surface area contributed by atoms with Gasteiger partial charge in [-0.25, -0.2) is 0 Å². The lowest BCUT2D eigenvalue weighted by molar-refractivity contribution is -0.269. The van der Waals surface area contributed by atoms with Gasteiger partial charge in [0.05, 0.1) is 6.54 Å². The molecule has 0 aliphatic heterocycles. The smallest absolute Gasteiger partial charge is 0.463 e. The van der Waals surface area contributed by atoms with Gasteiger partial charge in [0.25, 0.3) is 5.91 Å². The van der Waals surface area contributed by atoms with E-state index in [1.807, 2.05) is 0 Å². The third-order valence-corrected chi connectivity index (χ3v) is 2.29. The Hall–Kier alpha value is -1.86. The Balaban J connectivity index is 2.40. The zero-order valence-corrected chi connectivity index (χ0v) is 10.4. The summed E-state index contributed by atoms with van der Waals surface area (Å²) in [4.78, 5) is 10.7. The van der Waals surface area contributed by atoms with Crippen LogP contribution < -0.4 is 10.1 Å². The predicted octanol–water partition coefficient (Wildman–Crippen LogP) is 2.69. The molecule has 1 rings (SSSR count). The highest BCUT2D eigenvalue weighted by molar-refractivity contribution is 5.84. The normalized spacial score (nSPS) is 12.1. The second kappa shape index (κ2) is 6.06. The van der Waals surface area contributed by atoms with Crippen molar-refractivity contribution in [3.63, 3.8) is 0 Å². The molecule has 112 valence electrons. The van der Waals surface area contributed by atoms with Crippen molar-refractivity contribution in [2.45, 2.75) is 19.0 Å². The second-order valence-electron chi connectivity index (χ2n) is 3.99. The Morgan fingerprint density at radius 2 is 1.90 bits per heavy atom. The van der Waals surface area contributed by atoms with Crippen LogP contribution in [0.3, 0.4) is 0 Å². The van der Waals surface area contributed by atoms with Crippen molar-refractivity contribution < 1.29 is 31.5 Å². The van der Waals surface area contributed by atoms with Gasteiger partial charge >= 0.3 is 12.1 Å². The lowest BCUT2D eigenvalue weighted by atomic mass is 10.2. The number of alkyl halides is 5. The maximum atomic E-state index is 12.5. The summed E-state index contributed by atoms with van der Waals surface area (Å²) in [6, 6.07) is 6.75. The highest BCUT2D eigenvalue weighted by Gasteiger charge is 2.63. The van der Waals surface area contributed by atoms with E-state index in [1.54, 1.807) is 31.2 Å². The molecule has 0 unspecified atom stereocenters. The number of carbonyl (C=O) groups is 1. The molecule has 0 bridgehead atoms. The van der Waals surface area contributed by atoms with Crippen LogP contribution in [0.4, 0.5) is 22.0 Å². The van der Waals surface area contributed by atoms with E-state index in [4.69, 9.17) is 4.74 Å². The van der Waals surface area contributed by atoms with Crippen LogP contribution in [0.5, 0.6) is 5.75 Å². The maximum Gasteiger partial charge on any atom is 0.463 e. The fourth-order valence-electron chi connectivity index (χ4n) is 1.28. The van der Waals surface area contributed by atoms with Crippen LogP contribution in [0.15, 0.2) is 24.3 Å². The number of carbonyl (C=O) groups excluding carboxylic acids is 1. The van der Waals surface area contributed by atoms with E-state index >= 15 is 0 Å². The van der Waals surface area contributed by atoms with Gasteiger partial charge in [-0.2, -0.15) is 22.0 Å². The molecule has 0 saturated heterocycles. The van der Waals surface area contributed by atoms with Gasteiger partial charge in [-0.15, -0.1) is 0 Å². The molecule has 0 aromatic heterocycles. The summed E-state index contributed by atoms with van der Waals surface area (Å²) in [7, 11) is 0. The molecule has 1 amide bonds. The van der Waals surface area contributed by atoms with Gasteiger partial charge in [-0.3, -0.25) is 4.79 Å². The summed E-state index contributed by atoms with van der Waals surface area (Å²) in [5.41, 5.74) is 0.898. The average molecular weight is 297 g/mol. The predicted molar refractivity (Wildman–Crippen MR) is 60.7 cm³/mol. The third kappa shape index (κ3) is 4.07. The third-order valence-electron chi connectivity index (χ3n) is 2.29. The molecule has 3 nitrogen and oxygen atoms in total. The van der Waals surface area contributed by atoms with Crippen molar-refractivity contribution in [1.29, 1.82) is 0 Å². The molecule has 0 aliphatic rings. The Labute approximate surface area is 111 Å². The van der Waals surface area contributed by atoms with Crippen molar-refractivity contribution in [2.24, 2.45) is 0 Å². The van der Waals surface area contributed by atoms with Gasteiger partial charge in [0.15, 0.2) is 0 Å². The van der Waals surface area contributed by atoms with Crippen molar-refractivity contribution in [3.05, 3.63) is 29.8 Å². The van der Waals surface area contributed by atoms with Crippen LogP contribution in [-0.2, 0) is 4.79 Å². The summed E-state index contributed by atoms with van der Waals surface area (Å²) in [5, 5.41) is 1.48. The number of hydrogen-bond donors (Lipinski definition) is 1. The van der Waals surface area contributed by atoms with Crippen LogP contribution in [0.25, 0.3) is 0 Å². The van der Waals surface area contributed by atoms with Crippen molar-refractivity contribution in [2.75, 3.05) is 13.2 Å². The minimum Gasteiger partial charge on any atom is -0.492 e. The molecule has 0 spiro atoms. The first-order chi connectivity index (χ1) is 9.14. The average Bonchev–Trinajstić information content (AvgIpc) is 2.33. The van der Waals surface area contributed by atoms with Crippen LogP contribution in [0, 0.1) is 6.92 Å². The number of rotatable bonds is 5. The van der Waals surface area contributed by atoms with E-state index in [1.165, 1.54) is 5.32 Å². The van der Waals surface area contributed by atoms with Gasteiger partial charge < -0.3 is 10.1 Å². The number of halogens is 5. The number of benzene rings is 1. The molecular formula is C12H12F5NO2. The summed E-state index contributed by atoms with van der Waals surface area (Å²) in [5.74, 6) is -7.37. The molecular weight excluding hydrogens is 285 g/mol. The molecule has 0 heterocycles. The Morgan fingerprint density at radius 3 is 2.45 bits per heavy atom. The zero-order valence-electron chi connectivity index (χ0n) is 10.4. The van der Waals surface area contributed by atoms with Gasteiger partial charge in [0.2, 0.25) is 0 Å². The zero-order chi connectivity index (χ0) is 15.4. The summed E-state index contributed by atoms with van der Waals surface area (Å²) in [6.07, 6.45) is -5.91. The van der Waals surface area contributed by atoms with Crippen LogP contribution in [-0.4, -0.2) is 31.2 Å². The minimum atomic E-state index is -5.91. The van der Waals surface area contributed by atoms with Crippen molar-refractivity contribution in [1.82, 2.24) is 5.32 Å². The monoisotopic (exact) mass is 297 g/mol. The van der Waals surface area contributed by atoms with E-state index in [0.717, 1.165) is 5.56 Å². The van der Waals surface area contributed by atoms with Crippen LogP contribution in [0.1, 0.15) is 5.56 Å². The molecule has 0 fully saturated rings. The van der Waals surface area contributed by atoms with Crippen LogP contribution >= 0.6 is 0 Å². The van der Waals surface area contributed by atoms with E-state index in [0.29, 0.717) is 5.75 Å². The van der Waals surface area contributed by atoms with E-state index in [2.05, 4.69) is 0 Å². The molecule has 8 heteroatoms. The van der Waals surface area contributed by atoms with Gasteiger partial charge in [-0.05, 0) is 24.6 Å². The molecule has 0 saturated carbocycles. The summed E-state index contributed by atoms with van der Waals surface area (Å²) in [6.45, 7) is 1.13. The fraction of sp³-hybridized carbons (Fsp3) is 0.417. The van der Waals surface area contributed by atoms with Gasteiger partial charge in [0, 0.05) is 0 Å². The molecule has 0 radical (unpaired) electrons. The van der Waals surface area contributed by atoms with E-state index in [-0.39, 0.29) is 6.61 Å². The topological polar surface area (TPSA) is 38.3 Å².